The number of nitrogens with one attached hydrogen (secondary N) is 1. The number of nitrogens with two attached hydrogens (primary N) is 1. The lowest BCUT2D eigenvalue weighted by molar-refractivity contribution is 0.682. The summed E-state index contributed by atoms with van der Waals surface area (Å²) in [6.45, 7) is 1.74. The fourth-order valence-electron chi connectivity index (χ4n) is 2.29. The molecule has 0 atom stereocenters. The van der Waals surface area contributed by atoms with Crippen LogP contribution in [-0.2, 0) is 13.0 Å². The standard InChI is InChI=1S/C18H19N3S/c19-16-8-4-5-14(11-16)12-20-10-9-17-13-22-18(21-17)15-6-2-1-3-7-15/h1-8,11,13,20H,9-10,12,19H2. The number of benzene rings is 2. The number of aromatic nitrogens is 1. The maximum absolute atomic E-state index is 5.78. The van der Waals surface area contributed by atoms with Crippen molar-refractivity contribution >= 4 is 17.0 Å². The Hall–Kier alpha value is -2.17. The van der Waals surface area contributed by atoms with Crippen LogP contribution in [0.1, 0.15) is 11.3 Å². The fraction of sp³-hybridized carbons (Fsp3) is 0.167. The predicted octanol–water partition coefficient (Wildman–Crippen LogP) is 3.72. The Kier molecular flexibility index (Phi) is 4.83. The van der Waals surface area contributed by atoms with Crippen LogP contribution in [0.15, 0.2) is 60.0 Å². The normalized spacial score (nSPS) is 10.7. The predicted molar refractivity (Wildman–Crippen MR) is 93.8 cm³/mol. The van der Waals surface area contributed by atoms with Crippen LogP contribution in [0.4, 0.5) is 5.69 Å². The zero-order chi connectivity index (χ0) is 15.2. The van der Waals surface area contributed by atoms with Crippen LogP contribution < -0.4 is 11.1 Å². The van der Waals surface area contributed by atoms with Crippen LogP contribution in [0.25, 0.3) is 10.6 Å². The van der Waals surface area contributed by atoms with Gasteiger partial charge >= 0.3 is 0 Å². The zero-order valence-corrected chi connectivity index (χ0v) is 13.1. The maximum Gasteiger partial charge on any atom is 0.123 e. The minimum atomic E-state index is 0.811. The second kappa shape index (κ2) is 7.20. The lowest BCUT2D eigenvalue weighted by Gasteiger charge is -2.04. The minimum absolute atomic E-state index is 0.811. The molecule has 1 aromatic heterocycles. The Morgan fingerprint density at radius 2 is 1.91 bits per heavy atom. The average molecular weight is 309 g/mol. The van der Waals surface area contributed by atoms with Crippen molar-refractivity contribution in [2.75, 3.05) is 12.3 Å². The Morgan fingerprint density at radius 3 is 2.73 bits per heavy atom. The van der Waals surface area contributed by atoms with Gasteiger partial charge < -0.3 is 11.1 Å². The largest absolute Gasteiger partial charge is 0.399 e. The Morgan fingerprint density at radius 1 is 1.05 bits per heavy atom. The number of hydrogen-bond acceptors (Lipinski definition) is 4. The van der Waals surface area contributed by atoms with Crippen molar-refractivity contribution in [2.24, 2.45) is 0 Å². The van der Waals surface area contributed by atoms with E-state index in [1.54, 1.807) is 11.3 Å². The topological polar surface area (TPSA) is 50.9 Å². The van der Waals surface area contributed by atoms with Crippen LogP contribution in [0.2, 0.25) is 0 Å². The molecule has 0 saturated carbocycles. The number of nitrogens with zero attached hydrogens (tertiary/aromatic N) is 1. The summed E-state index contributed by atoms with van der Waals surface area (Å²) in [4.78, 5) is 4.70. The van der Waals surface area contributed by atoms with Gasteiger partial charge in [-0.3, -0.25) is 0 Å². The molecule has 0 radical (unpaired) electrons. The molecule has 0 aliphatic heterocycles. The van der Waals surface area contributed by atoms with E-state index in [1.165, 1.54) is 11.1 Å². The highest BCUT2D eigenvalue weighted by Gasteiger charge is 2.04. The summed E-state index contributed by atoms with van der Waals surface area (Å²) >= 11 is 1.70. The first-order chi connectivity index (χ1) is 10.8. The third-order valence-electron chi connectivity index (χ3n) is 3.41. The van der Waals surface area contributed by atoms with Crippen molar-refractivity contribution in [2.45, 2.75) is 13.0 Å². The van der Waals surface area contributed by atoms with Crippen molar-refractivity contribution in [1.29, 1.82) is 0 Å². The molecule has 0 bridgehead atoms. The summed E-state index contributed by atoms with van der Waals surface area (Å²) in [5.74, 6) is 0. The van der Waals surface area contributed by atoms with Crippen LogP contribution in [-0.4, -0.2) is 11.5 Å². The van der Waals surface area contributed by atoms with Gasteiger partial charge in [0.05, 0.1) is 5.69 Å². The van der Waals surface area contributed by atoms with Gasteiger partial charge in [0.15, 0.2) is 0 Å². The van der Waals surface area contributed by atoms with E-state index in [0.717, 1.165) is 35.9 Å². The van der Waals surface area contributed by atoms with E-state index in [0.29, 0.717) is 0 Å². The van der Waals surface area contributed by atoms with E-state index in [9.17, 15) is 0 Å². The molecule has 0 amide bonds. The van der Waals surface area contributed by atoms with Gasteiger partial charge in [0.1, 0.15) is 5.01 Å². The van der Waals surface area contributed by atoms with Crippen LogP contribution in [0.5, 0.6) is 0 Å². The first-order valence-corrected chi connectivity index (χ1v) is 8.24. The highest BCUT2D eigenvalue weighted by Crippen LogP contribution is 2.23. The van der Waals surface area contributed by atoms with E-state index in [4.69, 9.17) is 10.7 Å². The molecule has 3 N–H and O–H groups in total. The Balaban J connectivity index is 1.49. The van der Waals surface area contributed by atoms with Crippen molar-refractivity contribution in [1.82, 2.24) is 10.3 Å². The molecule has 22 heavy (non-hydrogen) atoms. The van der Waals surface area contributed by atoms with Crippen LogP contribution >= 0.6 is 11.3 Å². The Bertz CT molecular complexity index is 722. The zero-order valence-electron chi connectivity index (χ0n) is 12.3. The highest BCUT2D eigenvalue weighted by molar-refractivity contribution is 7.13. The lowest BCUT2D eigenvalue weighted by atomic mass is 10.2. The average Bonchev–Trinajstić information content (AvgIpc) is 3.01. The number of anilines is 1. The first kappa shape index (κ1) is 14.8. The third kappa shape index (κ3) is 3.93. The SMILES string of the molecule is Nc1cccc(CNCCc2csc(-c3ccccc3)n2)c1. The summed E-state index contributed by atoms with van der Waals surface area (Å²) in [7, 11) is 0. The molecule has 0 aliphatic rings. The van der Waals surface area contributed by atoms with Gasteiger partial charge in [-0.05, 0) is 17.7 Å². The smallest absolute Gasteiger partial charge is 0.123 e. The maximum atomic E-state index is 5.78. The fourth-order valence-corrected chi connectivity index (χ4v) is 3.15. The number of hydrogen-bond donors (Lipinski definition) is 2. The summed E-state index contributed by atoms with van der Waals surface area (Å²) in [6, 6.07) is 18.3. The molecular formula is C18H19N3S. The Labute approximate surface area is 134 Å². The van der Waals surface area contributed by atoms with Gasteiger partial charge in [-0.2, -0.15) is 0 Å². The van der Waals surface area contributed by atoms with Crippen molar-refractivity contribution in [3.8, 4) is 10.6 Å². The van der Waals surface area contributed by atoms with E-state index in [1.807, 2.05) is 36.4 Å². The minimum Gasteiger partial charge on any atom is -0.399 e. The number of rotatable bonds is 6. The second-order valence-corrected chi connectivity index (χ2v) is 6.04. The molecule has 0 fully saturated rings. The van der Waals surface area contributed by atoms with E-state index >= 15 is 0 Å². The summed E-state index contributed by atoms with van der Waals surface area (Å²) in [5.41, 5.74) is 10.1. The molecule has 3 aromatic rings. The molecule has 2 aromatic carbocycles. The van der Waals surface area contributed by atoms with Gasteiger partial charge in [0.2, 0.25) is 0 Å². The second-order valence-electron chi connectivity index (χ2n) is 5.18. The molecule has 0 saturated heterocycles. The van der Waals surface area contributed by atoms with E-state index in [2.05, 4.69) is 28.9 Å². The van der Waals surface area contributed by atoms with Crippen molar-refractivity contribution < 1.29 is 0 Å². The number of nitrogen functional groups attached to an aromatic ring is 1. The third-order valence-corrected chi connectivity index (χ3v) is 4.35. The summed E-state index contributed by atoms with van der Waals surface area (Å²) in [5, 5.41) is 6.67. The van der Waals surface area contributed by atoms with Gasteiger partial charge in [0, 0.05) is 36.1 Å². The quantitative estimate of drug-likeness (QED) is 0.539. The van der Waals surface area contributed by atoms with E-state index < -0.39 is 0 Å². The van der Waals surface area contributed by atoms with E-state index in [-0.39, 0.29) is 0 Å². The molecule has 3 rings (SSSR count). The lowest BCUT2D eigenvalue weighted by Crippen LogP contribution is -2.16. The van der Waals surface area contributed by atoms with Gasteiger partial charge in [-0.1, -0.05) is 42.5 Å². The van der Waals surface area contributed by atoms with Crippen LogP contribution in [0.3, 0.4) is 0 Å². The molecule has 4 heteroatoms. The summed E-state index contributed by atoms with van der Waals surface area (Å²) in [6.07, 6.45) is 0.936. The monoisotopic (exact) mass is 309 g/mol. The van der Waals surface area contributed by atoms with Gasteiger partial charge in [-0.15, -0.1) is 11.3 Å². The van der Waals surface area contributed by atoms with Gasteiger partial charge in [0.25, 0.3) is 0 Å². The molecule has 0 spiro atoms. The first-order valence-electron chi connectivity index (χ1n) is 7.36. The molecule has 112 valence electrons. The molecule has 0 aliphatic carbocycles. The van der Waals surface area contributed by atoms with Crippen molar-refractivity contribution in [3.63, 3.8) is 0 Å². The molecular weight excluding hydrogens is 290 g/mol. The van der Waals surface area contributed by atoms with Gasteiger partial charge in [-0.25, -0.2) is 4.98 Å². The molecule has 0 unspecified atom stereocenters. The highest BCUT2D eigenvalue weighted by atomic mass is 32.1. The van der Waals surface area contributed by atoms with Crippen LogP contribution in [0, 0.1) is 0 Å². The molecule has 3 nitrogen and oxygen atoms in total. The van der Waals surface area contributed by atoms with Crippen molar-refractivity contribution in [3.05, 3.63) is 71.2 Å². The molecule has 1 heterocycles. The summed E-state index contributed by atoms with van der Waals surface area (Å²) < 4.78 is 0. The number of thiazole rings is 1.